The fraction of sp³-hybridized carbons (Fsp3) is 0.562. The third kappa shape index (κ3) is 5.48. The number of carbonyl (C=O) groups is 1. The maximum Gasteiger partial charge on any atom is 0.238 e. The summed E-state index contributed by atoms with van der Waals surface area (Å²) < 4.78 is 5.25. The summed E-state index contributed by atoms with van der Waals surface area (Å²) in [6.07, 6.45) is 2.40. The van der Waals surface area contributed by atoms with Crippen LogP contribution in [-0.4, -0.2) is 51.1 Å². The number of hydrogen-bond donors (Lipinski definition) is 2. The van der Waals surface area contributed by atoms with Crippen molar-refractivity contribution in [2.75, 3.05) is 45.7 Å². The highest BCUT2D eigenvalue weighted by Gasteiger charge is 2.21. The van der Waals surface area contributed by atoms with Gasteiger partial charge in [0.2, 0.25) is 5.91 Å². The van der Waals surface area contributed by atoms with Crippen molar-refractivity contribution in [2.45, 2.75) is 12.8 Å². The second-order valence-electron chi connectivity index (χ2n) is 5.55. The Bertz CT molecular complexity index is 468. The van der Waals surface area contributed by atoms with Gasteiger partial charge in [0.25, 0.3) is 0 Å². The number of para-hydroxylation sites is 2. The summed E-state index contributed by atoms with van der Waals surface area (Å²) in [5.41, 5.74) is 0.730. The molecule has 1 aromatic rings. The lowest BCUT2D eigenvalue weighted by molar-refractivity contribution is -0.117. The van der Waals surface area contributed by atoms with Gasteiger partial charge in [0, 0.05) is 6.54 Å². The molecule has 1 atom stereocenters. The molecule has 1 saturated heterocycles. The third-order valence-electron chi connectivity index (χ3n) is 3.84. The fourth-order valence-electron chi connectivity index (χ4n) is 2.89. The maximum absolute atomic E-state index is 12.2. The highest BCUT2D eigenvalue weighted by Crippen LogP contribution is 2.23. The standard InChI is InChI=1S/C16H25N3O2.ClH/c1-17-10-13-6-5-9-19(11-13)12-16(20)18-14-7-3-4-8-15(14)21-2;/h3-4,7-8,13,17H,5-6,9-12H2,1-2H3,(H,18,20);1H. The number of rotatable bonds is 6. The molecule has 1 fully saturated rings. The van der Waals surface area contributed by atoms with Gasteiger partial charge in [-0.1, -0.05) is 12.1 Å². The van der Waals surface area contributed by atoms with Crippen LogP contribution in [0.1, 0.15) is 12.8 Å². The van der Waals surface area contributed by atoms with Crippen LogP contribution in [0, 0.1) is 5.92 Å². The van der Waals surface area contributed by atoms with Crippen LogP contribution in [0.15, 0.2) is 24.3 Å². The number of ether oxygens (including phenoxy) is 1. The molecule has 22 heavy (non-hydrogen) atoms. The van der Waals surface area contributed by atoms with Gasteiger partial charge in [-0.15, -0.1) is 12.4 Å². The highest BCUT2D eigenvalue weighted by molar-refractivity contribution is 5.93. The lowest BCUT2D eigenvalue weighted by atomic mass is 9.98. The number of amides is 1. The molecule has 1 aliphatic rings. The minimum atomic E-state index is 0. The van der Waals surface area contributed by atoms with Crippen molar-refractivity contribution in [3.63, 3.8) is 0 Å². The second-order valence-corrected chi connectivity index (χ2v) is 5.55. The zero-order chi connectivity index (χ0) is 15.1. The lowest BCUT2D eigenvalue weighted by Gasteiger charge is -2.32. The van der Waals surface area contributed by atoms with E-state index in [4.69, 9.17) is 4.74 Å². The Morgan fingerprint density at radius 3 is 2.91 bits per heavy atom. The number of halogens is 1. The summed E-state index contributed by atoms with van der Waals surface area (Å²) in [4.78, 5) is 14.4. The van der Waals surface area contributed by atoms with E-state index in [1.54, 1.807) is 7.11 Å². The van der Waals surface area contributed by atoms with Gasteiger partial charge >= 0.3 is 0 Å². The molecule has 0 bridgehead atoms. The minimum absolute atomic E-state index is 0. The van der Waals surface area contributed by atoms with E-state index in [9.17, 15) is 4.79 Å². The minimum Gasteiger partial charge on any atom is -0.495 e. The quantitative estimate of drug-likeness (QED) is 0.839. The van der Waals surface area contributed by atoms with Gasteiger partial charge in [0.1, 0.15) is 5.75 Å². The van der Waals surface area contributed by atoms with Crippen molar-refractivity contribution in [2.24, 2.45) is 5.92 Å². The molecule has 1 unspecified atom stereocenters. The number of nitrogens with zero attached hydrogens (tertiary/aromatic N) is 1. The van der Waals surface area contributed by atoms with E-state index in [0.29, 0.717) is 18.2 Å². The molecule has 0 radical (unpaired) electrons. The van der Waals surface area contributed by atoms with Crippen LogP contribution >= 0.6 is 12.4 Å². The molecule has 5 nitrogen and oxygen atoms in total. The van der Waals surface area contributed by atoms with Gasteiger partial charge in [0.15, 0.2) is 0 Å². The molecule has 0 aliphatic carbocycles. The molecule has 0 aromatic heterocycles. The van der Waals surface area contributed by atoms with Gasteiger partial charge in [-0.05, 0) is 51.0 Å². The average Bonchev–Trinajstić information content (AvgIpc) is 2.48. The summed E-state index contributed by atoms with van der Waals surface area (Å²) in [6, 6.07) is 7.49. The van der Waals surface area contributed by atoms with E-state index < -0.39 is 0 Å². The first kappa shape index (κ1) is 18.7. The number of anilines is 1. The Morgan fingerprint density at radius 1 is 1.41 bits per heavy atom. The van der Waals surface area contributed by atoms with Crippen LogP contribution in [0.2, 0.25) is 0 Å². The van der Waals surface area contributed by atoms with Gasteiger partial charge in [-0.25, -0.2) is 0 Å². The number of likely N-dealkylation sites (tertiary alicyclic amines) is 1. The van der Waals surface area contributed by atoms with E-state index in [1.165, 1.54) is 6.42 Å². The molecule has 2 N–H and O–H groups in total. The fourth-order valence-corrected chi connectivity index (χ4v) is 2.89. The molecule has 1 aliphatic heterocycles. The van der Waals surface area contributed by atoms with Gasteiger partial charge in [0.05, 0.1) is 19.3 Å². The zero-order valence-corrected chi connectivity index (χ0v) is 14.1. The Hall–Kier alpha value is -1.30. The molecule has 1 amide bonds. The molecule has 2 rings (SSSR count). The van der Waals surface area contributed by atoms with Gasteiger partial charge in [-0.2, -0.15) is 0 Å². The Balaban J connectivity index is 0.00000242. The van der Waals surface area contributed by atoms with E-state index in [-0.39, 0.29) is 18.3 Å². The number of piperidine rings is 1. The SMILES string of the molecule is CNCC1CCCN(CC(=O)Nc2ccccc2OC)C1.Cl. The predicted molar refractivity (Wildman–Crippen MR) is 92.0 cm³/mol. The van der Waals surface area contributed by atoms with E-state index >= 15 is 0 Å². The van der Waals surface area contributed by atoms with Crippen LogP contribution in [0.25, 0.3) is 0 Å². The van der Waals surface area contributed by atoms with Crippen LogP contribution in [-0.2, 0) is 4.79 Å². The number of hydrogen-bond acceptors (Lipinski definition) is 4. The number of benzene rings is 1. The monoisotopic (exact) mass is 327 g/mol. The summed E-state index contributed by atoms with van der Waals surface area (Å²) in [6.45, 7) is 3.45. The molecule has 124 valence electrons. The number of methoxy groups -OCH3 is 1. The number of carbonyl (C=O) groups excluding carboxylic acids is 1. The molecule has 0 spiro atoms. The molecule has 6 heteroatoms. The van der Waals surface area contributed by atoms with Crippen molar-refractivity contribution < 1.29 is 9.53 Å². The summed E-state index contributed by atoms with van der Waals surface area (Å²) >= 11 is 0. The molecular formula is C16H26ClN3O2. The van der Waals surface area contributed by atoms with E-state index in [1.807, 2.05) is 31.3 Å². The average molecular weight is 328 g/mol. The van der Waals surface area contributed by atoms with Crippen LogP contribution < -0.4 is 15.4 Å². The summed E-state index contributed by atoms with van der Waals surface area (Å²) in [7, 11) is 3.59. The van der Waals surface area contributed by atoms with Gasteiger partial charge in [-0.3, -0.25) is 9.69 Å². The molecule has 1 aromatic carbocycles. The third-order valence-corrected chi connectivity index (χ3v) is 3.84. The topological polar surface area (TPSA) is 53.6 Å². The van der Waals surface area contributed by atoms with E-state index in [0.717, 1.165) is 31.7 Å². The summed E-state index contributed by atoms with van der Waals surface area (Å²) in [5.74, 6) is 1.35. The zero-order valence-electron chi connectivity index (χ0n) is 13.3. The van der Waals surface area contributed by atoms with Crippen molar-refractivity contribution in [1.29, 1.82) is 0 Å². The maximum atomic E-state index is 12.2. The first-order valence-corrected chi connectivity index (χ1v) is 7.52. The summed E-state index contributed by atoms with van der Waals surface area (Å²) in [5, 5.41) is 6.16. The predicted octanol–water partition coefficient (Wildman–Crippen LogP) is 1.99. The van der Waals surface area contributed by atoms with Crippen molar-refractivity contribution in [3.8, 4) is 5.75 Å². The van der Waals surface area contributed by atoms with Crippen molar-refractivity contribution in [3.05, 3.63) is 24.3 Å². The first-order valence-electron chi connectivity index (χ1n) is 7.52. The molecule has 1 heterocycles. The van der Waals surface area contributed by atoms with Crippen molar-refractivity contribution >= 4 is 24.0 Å². The Morgan fingerprint density at radius 2 is 2.18 bits per heavy atom. The normalized spacial score (nSPS) is 18.4. The smallest absolute Gasteiger partial charge is 0.238 e. The van der Waals surface area contributed by atoms with Crippen LogP contribution in [0.3, 0.4) is 0 Å². The number of nitrogens with one attached hydrogen (secondary N) is 2. The van der Waals surface area contributed by atoms with E-state index in [2.05, 4.69) is 15.5 Å². The lowest BCUT2D eigenvalue weighted by Crippen LogP contribution is -2.42. The molecule has 0 saturated carbocycles. The Kier molecular flexibility index (Phi) is 8.24. The van der Waals surface area contributed by atoms with Crippen LogP contribution in [0.5, 0.6) is 5.75 Å². The van der Waals surface area contributed by atoms with Gasteiger partial charge < -0.3 is 15.4 Å². The van der Waals surface area contributed by atoms with Crippen LogP contribution in [0.4, 0.5) is 5.69 Å². The second kappa shape index (κ2) is 9.66. The largest absolute Gasteiger partial charge is 0.495 e. The highest BCUT2D eigenvalue weighted by atomic mass is 35.5. The van der Waals surface area contributed by atoms with Crippen molar-refractivity contribution in [1.82, 2.24) is 10.2 Å². The molecular weight excluding hydrogens is 302 g/mol. The first-order chi connectivity index (χ1) is 10.2. The Labute approximate surface area is 138 Å².